The van der Waals surface area contributed by atoms with Crippen molar-refractivity contribution < 1.29 is 18.7 Å². The Bertz CT molecular complexity index is 1300. The zero-order valence-electron chi connectivity index (χ0n) is 19.0. The lowest BCUT2D eigenvalue weighted by Crippen LogP contribution is -2.24. The summed E-state index contributed by atoms with van der Waals surface area (Å²) in [5.74, 6) is 2.05. The van der Waals surface area contributed by atoms with Crippen molar-refractivity contribution in [3.63, 3.8) is 0 Å². The topological polar surface area (TPSA) is 56.6 Å². The number of aromatic nitrogens is 2. The van der Waals surface area contributed by atoms with Crippen LogP contribution < -0.4 is 9.47 Å². The van der Waals surface area contributed by atoms with Gasteiger partial charge in [-0.2, -0.15) is 0 Å². The fraction of sp³-hybridized carbons (Fsp3) is 0.259. The average molecular weight is 460 g/mol. The molecule has 0 N–H and O–H groups in total. The molecule has 1 amide bonds. The Morgan fingerprint density at radius 3 is 2.53 bits per heavy atom. The Balaban J connectivity index is 1.35. The number of ether oxygens (including phenoxy) is 2. The van der Waals surface area contributed by atoms with Crippen molar-refractivity contribution in [3.8, 4) is 11.5 Å². The van der Waals surface area contributed by atoms with Crippen LogP contribution in [0.1, 0.15) is 23.7 Å². The zero-order chi connectivity index (χ0) is 23.5. The summed E-state index contributed by atoms with van der Waals surface area (Å²) in [5, 5.41) is 0. The highest BCUT2D eigenvalue weighted by molar-refractivity contribution is 5.81. The number of carbonyl (C=O) groups excluding carboxylic acids is 1. The molecule has 0 saturated carbocycles. The number of methoxy groups -OCH3 is 1. The minimum Gasteiger partial charge on any atom is -0.493 e. The minimum absolute atomic E-state index is 0.0217. The smallest absolute Gasteiger partial charge is 0.223 e. The third-order valence-corrected chi connectivity index (χ3v) is 6.19. The first-order valence-electron chi connectivity index (χ1n) is 11.4. The van der Waals surface area contributed by atoms with Gasteiger partial charge in [0.25, 0.3) is 0 Å². The minimum atomic E-state index is -0.279. The summed E-state index contributed by atoms with van der Waals surface area (Å²) in [6.07, 6.45) is 0.401. The maximum Gasteiger partial charge on any atom is 0.223 e. The Kier molecular flexibility index (Phi) is 6.16. The number of para-hydroxylation sites is 4. The first kappa shape index (κ1) is 21.9. The van der Waals surface area contributed by atoms with Gasteiger partial charge in [0.2, 0.25) is 5.91 Å². The summed E-state index contributed by atoms with van der Waals surface area (Å²) >= 11 is 0. The average Bonchev–Trinajstić information content (AvgIpc) is 3.41. The Hall–Kier alpha value is -3.87. The highest BCUT2D eigenvalue weighted by Crippen LogP contribution is 2.32. The molecule has 4 aromatic rings. The van der Waals surface area contributed by atoms with E-state index in [0.717, 1.165) is 22.4 Å². The number of carbonyl (C=O) groups is 1. The molecule has 1 aromatic heterocycles. The summed E-state index contributed by atoms with van der Waals surface area (Å²) in [5.41, 5.74) is 2.83. The summed E-state index contributed by atoms with van der Waals surface area (Å²) in [7, 11) is 1.62. The van der Waals surface area contributed by atoms with Crippen molar-refractivity contribution in [2.24, 2.45) is 0 Å². The van der Waals surface area contributed by atoms with Crippen LogP contribution in [0, 0.1) is 5.82 Å². The summed E-state index contributed by atoms with van der Waals surface area (Å²) < 4.78 is 26.8. The number of hydrogen-bond donors (Lipinski definition) is 0. The van der Waals surface area contributed by atoms with Crippen LogP contribution in [0.2, 0.25) is 0 Å². The molecular formula is C27H26FN3O3. The van der Waals surface area contributed by atoms with Crippen LogP contribution in [0.15, 0.2) is 72.8 Å². The number of imidazole rings is 1. The van der Waals surface area contributed by atoms with Gasteiger partial charge in [0.15, 0.2) is 11.5 Å². The summed E-state index contributed by atoms with van der Waals surface area (Å²) in [6, 6.07) is 21.9. The molecule has 5 rings (SSSR count). The maximum atomic E-state index is 13.2. The van der Waals surface area contributed by atoms with E-state index >= 15 is 0 Å². The second-order valence-corrected chi connectivity index (χ2v) is 8.41. The van der Waals surface area contributed by atoms with Crippen molar-refractivity contribution in [2.45, 2.75) is 25.4 Å². The van der Waals surface area contributed by atoms with Gasteiger partial charge in [-0.05, 0) is 42.0 Å². The quantitative estimate of drug-likeness (QED) is 0.381. The van der Waals surface area contributed by atoms with Gasteiger partial charge >= 0.3 is 0 Å². The second-order valence-electron chi connectivity index (χ2n) is 8.41. The number of rotatable bonds is 8. The van der Waals surface area contributed by atoms with Crippen LogP contribution in [0.4, 0.5) is 4.39 Å². The SMILES string of the molecule is COc1ccccc1OCCn1c([C@H]2CC(=O)N(Cc3ccc(F)cc3)C2)nc2ccccc21. The fourth-order valence-corrected chi connectivity index (χ4v) is 4.53. The molecule has 0 spiro atoms. The summed E-state index contributed by atoms with van der Waals surface area (Å²) in [4.78, 5) is 19.5. The van der Waals surface area contributed by atoms with Gasteiger partial charge in [-0.15, -0.1) is 0 Å². The number of halogens is 1. The van der Waals surface area contributed by atoms with Crippen molar-refractivity contribution in [1.82, 2.24) is 14.5 Å². The van der Waals surface area contributed by atoms with E-state index in [1.807, 2.05) is 53.4 Å². The van der Waals surface area contributed by atoms with Crippen LogP contribution in [-0.4, -0.2) is 40.6 Å². The molecule has 1 fully saturated rings. The number of amides is 1. The molecule has 34 heavy (non-hydrogen) atoms. The van der Waals surface area contributed by atoms with E-state index in [4.69, 9.17) is 14.5 Å². The lowest BCUT2D eigenvalue weighted by atomic mass is 10.1. The normalized spacial score (nSPS) is 15.8. The van der Waals surface area contributed by atoms with Crippen molar-refractivity contribution in [1.29, 1.82) is 0 Å². The molecule has 1 aliphatic rings. The number of likely N-dealkylation sites (tertiary alicyclic amines) is 1. The van der Waals surface area contributed by atoms with Crippen LogP contribution in [-0.2, 0) is 17.9 Å². The molecule has 1 atom stereocenters. The van der Waals surface area contributed by atoms with Gasteiger partial charge in [0.05, 0.1) is 24.7 Å². The van der Waals surface area contributed by atoms with Crippen LogP contribution >= 0.6 is 0 Å². The van der Waals surface area contributed by atoms with Gasteiger partial charge in [-0.25, -0.2) is 9.37 Å². The van der Waals surface area contributed by atoms with Crippen LogP contribution in [0.3, 0.4) is 0 Å². The van der Waals surface area contributed by atoms with Crippen molar-refractivity contribution in [3.05, 3.63) is 90.0 Å². The van der Waals surface area contributed by atoms with E-state index in [1.54, 1.807) is 19.2 Å². The number of benzene rings is 3. The van der Waals surface area contributed by atoms with Gasteiger partial charge in [-0.3, -0.25) is 4.79 Å². The number of hydrogen-bond acceptors (Lipinski definition) is 4. The highest BCUT2D eigenvalue weighted by Gasteiger charge is 2.34. The number of nitrogens with zero attached hydrogens (tertiary/aromatic N) is 3. The largest absolute Gasteiger partial charge is 0.493 e. The fourth-order valence-electron chi connectivity index (χ4n) is 4.53. The van der Waals surface area contributed by atoms with E-state index in [9.17, 15) is 9.18 Å². The molecule has 0 bridgehead atoms. The molecule has 0 aliphatic carbocycles. The first-order chi connectivity index (χ1) is 16.6. The van der Waals surface area contributed by atoms with Crippen molar-refractivity contribution in [2.75, 3.05) is 20.3 Å². The zero-order valence-corrected chi connectivity index (χ0v) is 19.0. The highest BCUT2D eigenvalue weighted by atomic mass is 19.1. The molecule has 2 heterocycles. The van der Waals surface area contributed by atoms with Gasteiger partial charge in [0, 0.05) is 25.4 Å². The lowest BCUT2D eigenvalue weighted by molar-refractivity contribution is -0.128. The lowest BCUT2D eigenvalue weighted by Gasteiger charge is -2.18. The molecule has 7 heteroatoms. The van der Waals surface area contributed by atoms with E-state index in [1.165, 1.54) is 12.1 Å². The van der Waals surface area contributed by atoms with Gasteiger partial charge < -0.3 is 18.9 Å². The molecule has 0 radical (unpaired) electrons. The van der Waals surface area contributed by atoms with Gasteiger partial charge in [-0.1, -0.05) is 36.4 Å². The Morgan fingerprint density at radius 1 is 1.00 bits per heavy atom. The third kappa shape index (κ3) is 4.46. The summed E-state index contributed by atoms with van der Waals surface area (Å²) in [6.45, 7) is 2.07. The van der Waals surface area contributed by atoms with E-state index in [0.29, 0.717) is 44.2 Å². The maximum absolute atomic E-state index is 13.2. The monoisotopic (exact) mass is 459 g/mol. The van der Waals surface area contributed by atoms with Crippen LogP contribution in [0.25, 0.3) is 11.0 Å². The Morgan fingerprint density at radius 2 is 1.74 bits per heavy atom. The van der Waals surface area contributed by atoms with Gasteiger partial charge in [0.1, 0.15) is 18.2 Å². The second kappa shape index (κ2) is 9.55. The van der Waals surface area contributed by atoms with Crippen LogP contribution in [0.5, 0.6) is 11.5 Å². The molecule has 1 aliphatic heterocycles. The predicted molar refractivity (Wildman–Crippen MR) is 127 cm³/mol. The molecule has 1 saturated heterocycles. The van der Waals surface area contributed by atoms with E-state index in [-0.39, 0.29) is 17.6 Å². The molecule has 6 nitrogen and oxygen atoms in total. The molecule has 3 aromatic carbocycles. The molecule has 0 unspecified atom stereocenters. The number of fused-ring (bicyclic) bond motifs is 1. The predicted octanol–water partition coefficient (Wildman–Crippen LogP) is 4.78. The standard InChI is InChI=1S/C27H26FN3O3/c1-33-24-8-4-5-9-25(24)34-15-14-31-23-7-3-2-6-22(23)29-27(31)20-16-26(32)30(18-20)17-19-10-12-21(28)13-11-19/h2-13,20H,14-18H2,1H3/t20-/m0/s1. The van der Waals surface area contributed by atoms with E-state index in [2.05, 4.69) is 4.57 Å². The van der Waals surface area contributed by atoms with E-state index < -0.39 is 0 Å². The molecular weight excluding hydrogens is 433 g/mol. The van der Waals surface area contributed by atoms with Crippen molar-refractivity contribution >= 4 is 16.9 Å². The first-order valence-corrected chi connectivity index (χ1v) is 11.4. The third-order valence-electron chi connectivity index (χ3n) is 6.19. The molecule has 174 valence electrons. The Labute approximate surface area is 197 Å².